The van der Waals surface area contributed by atoms with Gasteiger partial charge in [0.1, 0.15) is 11.5 Å². The van der Waals surface area contributed by atoms with Gasteiger partial charge in [-0.05, 0) is 41.5 Å². The third-order valence-corrected chi connectivity index (χ3v) is 4.58. The Kier molecular flexibility index (Phi) is 5.07. The smallest absolute Gasteiger partial charge is 0.278 e. The zero-order valence-corrected chi connectivity index (χ0v) is 15.8. The van der Waals surface area contributed by atoms with Gasteiger partial charge in [-0.1, -0.05) is 36.4 Å². The van der Waals surface area contributed by atoms with Gasteiger partial charge in [0.25, 0.3) is 5.91 Å². The third kappa shape index (κ3) is 3.87. The number of phenolic OH excluding ortho intramolecular Hbond substituents is 1. The lowest BCUT2D eigenvalue weighted by atomic mass is 10.1. The maximum Gasteiger partial charge on any atom is 0.278 e. The number of nitrogens with zero attached hydrogens (tertiary/aromatic N) is 3. The quantitative estimate of drug-likeness (QED) is 0.681. The van der Waals surface area contributed by atoms with Crippen LogP contribution >= 0.6 is 0 Å². The normalized spacial score (nSPS) is 14.9. The molecule has 1 amide bonds. The number of amides is 1. The molecule has 0 bridgehead atoms. The van der Waals surface area contributed by atoms with Crippen molar-refractivity contribution >= 4 is 17.8 Å². The number of aliphatic imine (C=N–C) groups is 1. The van der Waals surface area contributed by atoms with E-state index in [0.717, 1.165) is 11.1 Å². The molecule has 0 radical (unpaired) electrons. The molecule has 29 heavy (non-hydrogen) atoms. The van der Waals surface area contributed by atoms with Crippen molar-refractivity contribution in [3.05, 3.63) is 95.4 Å². The molecule has 0 unspecified atom stereocenters. The molecule has 6 nitrogen and oxygen atoms in total. The Bertz CT molecular complexity index is 1090. The van der Waals surface area contributed by atoms with Crippen molar-refractivity contribution in [2.75, 3.05) is 7.11 Å². The Balaban J connectivity index is 1.73. The summed E-state index contributed by atoms with van der Waals surface area (Å²) >= 11 is 0. The molecule has 2 aromatic carbocycles. The first-order valence-electron chi connectivity index (χ1n) is 9.09. The minimum atomic E-state index is -0.187. The summed E-state index contributed by atoms with van der Waals surface area (Å²) in [5.41, 5.74) is 2.86. The summed E-state index contributed by atoms with van der Waals surface area (Å²) in [6.45, 7) is 0.394. The van der Waals surface area contributed by atoms with Crippen molar-refractivity contribution in [2.24, 2.45) is 4.99 Å². The number of pyridine rings is 1. The second-order valence-corrected chi connectivity index (χ2v) is 6.51. The summed E-state index contributed by atoms with van der Waals surface area (Å²) in [6, 6.07) is 18.3. The lowest BCUT2D eigenvalue weighted by Gasteiger charge is -2.18. The maximum absolute atomic E-state index is 13.2. The monoisotopic (exact) mass is 385 g/mol. The maximum atomic E-state index is 13.2. The molecular formula is C23H19N3O3. The van der Waals surface area contributed by atoms with Gasteiger partial charge in [-0.15, -0.1) is 0 Å². The first-order valence-corrected chi connectivity index (χ1v) is 9.09. The zero-order chi connectivity index (χ0) is 20.2. The van der Waals surface area contributed by atoms with E-state index in [2.05, 4.69) is 9.98 Å². The van der Waals surface area contributed by atoms with Crippen LogP contribution in [0.25, 0.3) is 6.08 Å². The van der Waals surface area contributed by atoms with E-state index in [1.807, 2.05) is 42.5 Å². The Morgan fingerprint density at radius 3 is 2.55 bits per heavy atom. The van der Waals surface area contributed by atoms with Crippen molar-refractivity contribution in [3.8, 4) is 11.5 Å². The Morgan fingerprint density at radius 2 is 1.83 bits per heavy atom. The first kappa shape index (κ1) is 18.4. The van der Waals surface area contributed by atoms with Crippen LogP contribution in [0.3, 0.4) is 0 Å². The van der Waals surface area contributed by atoms with E-state index in [0.29, 0.717) is 29.4 Å². The molecule has 0 saturated heterocycles. The van der Waals surface area contributed by atoms with E-state index in [-0.39, 0.29) is 11.7 Å². The number of benzene rings is 2. The summed E-state index contributed by atoms with van der Waals surface area (Å²) in [4.78, 5) is 23.5. The van der Waals surface area contributed by atoms with Gasteiger partial charge < -0.3 is 9.84 Å². The number of hydrogen-bond donors (Lipinski definition) is 1. The predicted octanol–water partition coefficient (Wildman–Crippen LogP) is 3.63. The standard InChI is InChI=1S/C23H19N3O3/c1-29-21-14-17(7-8-20(21)27)13-19-23(28)26(15-16-9-11-24-12-10-16)22(25-19)18-5-3-2-4-6-18/h2-14,27H,15H2,1H3/b19-13+. The summed E-state index contributed by atoms with van der Waals surface area (Å²) in [6.07, 6.45) is 5.10. The molecular weight excluding hydrogens is 366 g/mol. The van der Waals surface area contributed by atoms with E-state index in [9.17, 15) is 9.90 Å². The van der Waals surface area contributed by atoms with Crippen LogP contribution in [0.5, 0.6) is 11.5 Å². The van der Waals surface area contributed by atoms with Gasteiger partial charge in [-0.25, -0.2) is 4.99 Å². The average molecular weight is 385 g/mol. The predicted molar refractivity (Wildman–Crippen MR) is 110 cm³/mol. The van der Waals surface area contributed by atoms with Gasteiger partial charge in [0.15, 0.2) is 11.5 Å². The molecule has 0 aliphatic carbocycles. The fourth-order valence-electron chi connectivity index (χ4n) is 3.12. The van der Waals surface area contributed by atoms with Gasteiger partial charge in [0.05, 0.1) is 13.7 Å². The molecule has 1 N–H and O–H groups in total. The van der Waals surface area contributed by atoms with Crippen molar-refractivity contribution in [1.29, 1.82) is 0 Å². The number of rotatable bonds is 5. The van der Waals surface area contributed by atoms with Crippen molar-refractivity contribution in [2.45, 2.75) is 6.54 Å². The van der Waals surface area contributed by atoms with E-state index in [4.69, 9.17) is 4.74 Å². The molecule has 0 atom stereocenters. The van der Waals surface area contributed by atoms with Crippen LogP contribution in [0, 0.1) is 0 Å². The first-order chi connectivity index (χ1) is 14.2. The van der Waals surface area contributed by atoms with Crippen LogP contribution < -0.4 is 4.74 Å². The number of methoxy groups -OCH3 is 1. The number of aromatic nitrogens is 1. The number of carbonyl (C=O) groups is 1. The highest BCUT2D eigenvalue weighted by molar-refractivity contribution is 6.19. The molecule has 0 spiro atoms. The lowest BCUT2D eigenvalue weighted by Crippen LogP contribution is -2.32. The second-order valence-electron chi connectivity index (χ2n) is 6.51. The van der Waals surface area contributed by atoms with E-state index < -0.39 is 0 Å². The van der Waals surface area contributed by atoms with Crippen molar-refractivity contribution in [3.63, 3.8) is 0 Å². The third-order valence-electron chi connectivity index (χ3n) is 4.58. The SMILES string of the molecule is COc1cc(/C=C2/N=C(c3ccccc3)N(Cc3ccncc3)C2=O)ccc1O. The molecule has 6 heteroatoms. The highest BCUT2D eigenvalue weighted by atomic mass is 16.5. The molecule has 1 aliphatic heterocycles. The molecule has 144 valence electrons. The van der Waals surface area contributed by atoms with Crippen molar-refractivity contribution < 1.29 is 14.6 Å². The molecule has 0 saturated carbocycles. The Hall–Kier alpha value is -3.93. The van der Waals surface area contributed by atoms with Crippen LogP contribution in [-0.4, -0.2) is 33.8 Å². The van der Waals surface area contributed by atoms with Crippen molar-refractivity contribution in [1.82, 2.24) is 9.88 Å². The number of ether oxygens (including phenoxy) is 1. The number of hydrogen-bond acceptors (Lipinski definition) is 5. The number of carbonyl (C=O) groups excluding carboxylic acids is 1. The van der Waals surface area contributed by atoms with Gasteiger partial charge >= 0.3 is 0 Å². The number of amidine groups is 1. The highest BCUT2D eigenvalue weighted by Crippen LogP contribution is 2.29. The number of phenols is 1. The molecule has 4 rings (SSSR count). The van der Waals surface area contributed by atoms with E-state index in [1.165, 1.54) is 13.2 Å². The highest BCUT2D eigenvalue weighted by Gasteiger charge is 2.31. The van der Waals surface area contributed by atoms with Gasteiger partial charge in [-0.3, -0.25) is 14.7 Å². The fraction of sp³-hybridized carbons (Fsp3) is 0.0870. The molecule has 2 heterocycles. The van der Waals surface area contributed by atoms with Gasteiger partial charge in [0, 0.05) is 18.0 Å². The zero-order valence-electron chi connectivity index (χ0n) is 15.8. The summed E-state index contributed by atoms with van der Waals surface area (Å²) in [7, 11) is 1.48. The Labute approximate surface area is 168 Å². The van der Waals surface area contributed by atoms with Gasteiger partial charge in [0.2, 0.25) is 0 Å². The van der Waals surface area contributed by atoms with Crippen LogP contribution in [0.2, 0.25) is 0 Å². The molecule has 0 fully saturated rings. The topological polar surface area (TPSA) is 75.0 Å². The summed E-state index contributed by atoms with van der Waals surface area (Å²) in [5, 5.41) is 9.79. The minimum Gasteiger partial charge on any atom is -0.504 e. The Morgan fingerprint density at radius 1 is 1.07 bits per heavy atom. The fourth-order valence-corrected chi connectivity index (χ4v) is 3.12. The second kappa shape index (κ2) is 7.98. The summed E-state index contributed by atoms with van der Waals surface area (Å²) < 4.78 is 5.15. The van der Waals surface area contributed by atoms with Crippen LogP contribution in [0.1, 0.15) is 16.7 Å². The van der Waals surface area contributed by atoms with Crippen LogP contribution in [-0.2, 0) is 11.3 Å². The van der Waals surface area contributed by atoms with Crippen LogP contribution in [0.15, 0.2) is 83.7 Å². The van der Waals surface area contributed by atoms with Gasteiger partial charge in [-0.2, -0.15) is 0 Å². The average Bonchev–Trinajstić information content (AvgIpc) is 3.06. The van der Waals surface area contributed by atoms with Crippen LogP contribution in [0.4, 0.5) is 0 Å². The lowest BCUT2D eigenvalue weighted by molar-refractivity contribution is -0.123. The largest absolute Gasteiger partial charge is 0.504 e. The summed E-state index contributed by atoms with van der Waals surface area (Å²) in [5.74, 6) is 0.794. The molecule has 1 aliphatic rings. The number of aromatic hydroxyl groups is 1. The molecule has 1 aromatic heterocycles. The minimum absolute atomic E-state index is 0.0418. The van der Waals surface area contributed by atoms with E-state index >= 15 is 0 Å². The molecule has 3 aromatic rings. The van der Waals surface area contributed by atoms with E-state index in [1.54, 1.807) is 35.5 Å².